The molecule has 0 unspecified atom stereocenters. The van der Waals surface area contributed by atoms with Gasteiger partial charge in [0.15, 0.2) is 12.2 Å². The first-order chi connectivity index (χ1) is 71.8. The number of oxazole rings is 1. The minimum absolute atomic E-state index is 0.00475. The second kappa shape index (κ2) is 48.3. The number of fused-ring (bicyclic) bond motifs is 5. The molecule has 0 N–H and O–H groups in total. The van der Waals surface area contributed by atoms with Crippen LogP contribution in [-0.2, 0) is 30.4 Å². The van der Waals surface area contributed by atoms with Gasteiger partial charge >= 0.3 is 0 Å². The first-order valence-electron chi connectivity index (χ1n) is 46.9. The fourth-order valence-corrected chi connectivity index (χ4v) is 20.1. The van der Waals surface area contributed by atoms with Crippen LogP contribution in [0.3, 0.4) is 0 Å². The van der Waals surface area contributed by atoms with Crippen LogP contribution in [0.4, 0.5) is 11.4 Å². The van der Waals surface area contributed by atoms with Gasteiger partial charge < -0.3 is 9.15 Å². The molecule has 0 saturated carbocycles. The summed E-state index contributed by atoms with van der Waals surface area (Å²) in [5.74, 6) is 3.91. The molecule has 15 aromatic carbocycles. The summed E-state index contributed by atoms with van der Waals surface area (Å²) in [6.07, 6.45) is 6.24. The second-order valence-corrected chi connectivity index (χ2v) is 40.3. The molecule has 0 amide bonds. The van der Waals surface area contributed by atoms with Gasteiger partial charge in [0, 0.05) is 78.6 Å². The highest BCUT2D eigenvalue weighted by Crippen LogP contribution is 2.39. The molecule has 0 atom stereocenters. The zero-order valence-corrected chi connectivity index (χ0v) is 85.0. The summed E-state index contributed by atoms with van der Waals surface area (Å²) in [5, 5.41) is 99.5. The Hall–Kier alpha value is -16.8. The average Bonchev–Trinajstić information content (AvgIpc) is 1.81. The zero-order chi connectivity index (χ0) is 103. The van der Waals surface area contributed by atoms with Crippen molar-refractivity contribution in [3.8, 4) is 84.8 Å². The number of hydrogen-bond donors (Lipinski definition) is 0. The van der Waals surface area contributed by atoms with Crippen LogP contribution in [0.2, 0.25) is 0 Å². The number of aromatic nitrogens is 1. The number of Topliss-reactive ketones (excluding diaryl/α,β-unsaturated/α-hetero) is 5. The minimum atomic E-state index is -0.402. The lowest BCUT2D eigenvalue weighted by atomic mass is 9.94. The Morgan fingerprint density at radius 2 is 0.581 bits per heavy atom. The van der Waals surface area contributed by atoms with Crippen molar-refractivity contribution >= 4 is 207 Å². The monoisotopic (exact) mass is 2040 g/mol. The van der Waals surface area contributed by atoms with Crippen molar-refractivity contribution in [3.63, 3.8) is 0 Å². The molecule has 26 nitrogen and oxygen atoms in total. The molecule has 16 aromatic rings. The molecule has 5 aliphatic rings. The number of non-ortho nitro benzene ring substituents is 2. The SMILES string of the molecule is CC(=O)CSC1=NN=C(c2cc(-c3ccc4ccccc4c3)cc(-c3cnco3)c2)C1.CC(=O)CSC1=NN=C(c2cc(-c3ccc4ccccc4c3)cc([N+](=O)[O-])c2)C1.CC(=O)CSC1=NN=C(c2cc(C#N)cc(-c3ccc4ccccc4c3)c2)C1.CC(=O)CSC1=NN=C(c2cc(CC#N)cc(-c3ccc4ccccc4c3)c2)C1.COc1ccc2cc(-c3cc(C4=NN=C(SCC(C)=O)C4)cc([N+](=O)[O-])c3)ccc2c1. The number of carbonyl (C=O) groups excluding carboxylic acids is 5. The van der Waals surface area contributed by atoms with E-state index in [9.17, 15) is 54.7 Å². The van der Waals surface area contributed by atoms with E-state index in [0.717, 1.165) is 158 Å². The van der Waals surface area contributed by atoms with Gasteiger partial charge in [-0.1, -0.05) is 170 Å². The molecule has 5 aliphatic heterocycles. The number of nitro groups is 2. The first-order valence-corrected chi connectivity index (χ1v) is 51.8. The Kier molecular flexibility index (Phi) is 33.5. The Bertz CT molecular complexity index is 8460. The van der Waals surface area contributed by atoms with Gasteiger partial charge in [0.25, 0.3) is 11.4 Å². The molecule has 0 fully saturated rings. The van der Waals surface area contributed by atoms with Crippen LogP contribution in [0.5, 0.6) is 5.75 Å². The molecular formula is C117H91N15O11S5. The van der Waals surface area contributed by atoms with E-state index >= 15 is 0 Å². The van der Waals surface area contributed by atoms with Crippen molar-refractivity contribution in [2.24, 2.45) is 51.0 Å². The predicted octanol–water partition coefficient (Wildman–Crippen LogP) is 27.1. The Balaban J connectivity index is 0.000000126. The molecule has 0 aliphatic carbocycles. The molecule has 730 valence electrons. The quantitative estimate of drug-likeness (QED) is 0.0379. The van der Waals surface area contributed by atoms with Crippen LogP contribution in [0, 0.1) is 42.9 Å². The maximum Gasteiger partial charge on any atom is 0.270 e. The van der Waals surface area contributed by atoms with Crippen molar-refractivity contribution in [3.05, 3.63) is 369 Å². The second-order valence-electron chi connectivity index (χ2n) is 35.1. The van der Waals surface area contributed by atoms with E-state index in [0.29, 0.717) is 101 Å². The lowest BCUT2D eigenvalue weighted by Crippen LogP contribution is -2.05. The van der Waals surface area contributed by atoms with Gasteiger partial charge in [0.2, 0.25) is 0 Å². The highest BCUT2D eigenvalue weighted by Gasteiger charge is 2.27. The lowest BCUT2D eigenvalue weighted by Gasteiger charge is -2.10. The summed E-state index contributed by atoms with van der Waals surface area (Å²) in [6.45, 7) is 7.78. The van der Waals surface area contributed by atoms with Crippen molar-refractivity contribution in [2.75, 3.05) is 35.9 Å². The molecule has 31 heteroatoms. The third-order valence-corrected chi connectivity index (χ3v) is 29.4. The van der Waals surface area contributed by atoms with Crippen molar-refractivity contribution in [1.82, 2.24) is 4.98 Å². The van der Waals surface area contributed by atoms with Crippen LogP contribution in [0.25, 0.3) is 121 Å². The third kappa shape index (κ3) is 26.8. The number of methoxy groups -OCH3 is 1. The van der Waals surface area contributed by atoms with E-state index in [-0.39, 0.29) is 40.3 Å². The standard InChI is InChI=1S/C25H19N3O2S.C24H19N3OS.C23H19N3O4S.C23H17N3OS.C22H17N3O3S/c1-16(29)14-31-25-12-23(27-28-25)21-9-20(10-22(11-21)24-13-26-15-30-24)19-7-6-17-4-2-3-5-18(17)8-19;1-16(28)15-29-24-14-23(26-27-24)22-11-17(8-9-25)10-21(13-22)20-7-6-18-4-2-3-5-19(18)12-20;1-14(27)13-31-23-12-22(24-25-23)19-8-18(9-20(10-19)26(28)29)16-3-4-17-11-21(30-2)6-5-15(17)7-16;1-15(27)14-28-23-12-22(25-26-23)21-9-16(13-24)8-20(11-21)19-7-6-17-4-2-3-5-18(17)10-19;1-14(26)13-29-22-12-21(23-24-22)19-9-18(10-20(11-19)25(27)28)17-7-6-15-4-2-3-5-16(15)8-17/h2-11,13,15H,12,14H2,1H3;2-7,10-13H,8,14-15H2,1H3;3-11H,12-13H2,1-2H3;2-11H,12,14H2,1H3;2-11H,12-13H2,1H3. The normalized spacial score (nSPS) is 13.2. The number of ketones is 5. The third-order valence-electron chi connectivity index (χ3n) is 23.8. The Labute approximate surface area is 872 Å². The number of nitro benzene ring substituents is 2. The highest BCUT2D eigenvalue weighted by atomic mass is 32.2. The van der Waals surface area contributed by atoms with Crippen molar-refractivity contribution < 1.29 is 43.0 Å². The van der Waals surface area contributed by atoms with Crippen LogP contribution < -0.4 is 4.74 Å². The number of nitrogens with zero attached hydrogens (tertiary/aromatic N) is 15. The molecule has 0 spiro atoms. The van der Waals surface area contributed by atoms with E-state index in [1.807, 2.05) is 146 Å². The molecule has 148 heavy (non-hydrogen) atoms. The maximum absolute atomic E-state index is 11.6. The Morgan fingerprint density at radius 3 is 0.905 bits per heavy atom. The lowest BCUT2D eigenvalue weighted by molar-refractivity contribution is -0.385. The number of benzene rings is 15. The van der Waals surface area contributed by atoms with Gasteiger partial charge in [-0.3, -0.25) is 44.2 Å². The largest absolute Gasteiger partial charge is 0.497 e. The average molecular weight is 2040 g/mol. The first kappa shape index (κ1) is 103. The van der Waals surface area contributed by atoms with Gasteiger partial charge in [0.05, 0.1) is 105 Å². The number of thioether (sulfide) groups is 5. The number of ether oxygens (including phenoxy) is 1. The maximum atomic E-state index is 11.6. The van der Waals surface area contributed by atoms with E-state index < -0.39 is 9.85 Å². The molecule has 0 bridgehead atoms. The summed E-state index contributed by atoms with van der Waals surface area (Å²) < 4.78 is 10.8. The summed E-state index contributed by atoms with van der Waals surface area (Å²) in [4.78, 5) is 82.4. The van der Waals surface area contributed by atoms with Gasteiger partial charge in [0.1, 0.15) is 59.9 Å². The van der Waals surface area contributed by atoms with E-state index in [4.69, 9.17) is 9.15 Å². The fourth-order valence-electron chi connectivity index (χ4n) is 16.6. The van der Waals surface area contributed by atoms with E-state index in [1.165, 1.54) is 118 Å². The van der Waals surface area contributed by atoms with Crippen LogP contribution in [0.15, 0.2) is 365 Å². The number of nitriles is 2. The molecule has 6 heterocycles. The predicted molar refractivity (Wildman–Crippen MR) is 605 cm³/mol. The van der Waals surface area contributed by atoms with Crippen LogP contribution >= 0.6 is 58.8 Å². The van der Waals surface area contributed by atoms with Gasteiger partial charge in [-0.05, 0) is 264 Å². The number of hydrogen-bond acceptors (Lipinski definition) is 29. The molecular weight excluding hydrogens is 1950 g/mol. The smallest absolute Gasteiger partial charge is 0.270 e. The van der Waals surface area contributed by atoms with Gasteiger partial charge in [-0.15, -0.1) is 84.3 Å². The number of carbonyl (C=O) groups is 5. The summed E-state index contributed by atoms with van der Waals surface area (Å²) >= 11 is 7.02. The fraction of sp³-hybridized carbons (Fsp3) is 0.145. The molecule has 0 saturated heterocycles. The zero-order valence-electron chi connectivity index (χ0n) is 81.0. The summed E-state index contributed by atoms with van der Waals surface area (Å²) in [6, 6.07) is 102. The highest BCUT2D eigenvalue weighted by molar-refractivity contribution is 8.15. The molecule has 0 radical (unpaired) electrons. The van der Waals surface area contributed by atoms with E-state index in [2.05, 4.69) is 196 Å². The van der Waals surface area contributed by atoms with Gasteiger partial charge in [-0.2, -0.15) is 36.0 Å². The van der Waals surface area contributed by atoms with E-state index in [1.54, 1.807) is 46.2 Å². The topological polar surface area (TPSA) is 378 Å². The van der Waals surface area contributed by atoms with Crippen molar-refractivity contribution in [1.29, 1.82) is 10.5 Å². The number of rotatable bonds is 25. The van der Waals surface area contributed by atoms with Crippen molar-refractivity contribution in [2.45, 2.75) is 73.1 Å². The Morgan fingerprint density at radius 1 is 0.318 bits per heavy atom. The minimum Gasteiger partial charge on any atom is -0.497 e. The summed E-state index contributed by atoms with van der Waals surface area (Å²) in [7, 11) is 1.62. The van der Waals surface area contributed by atoms with Gasteiger partial charge in [-0.25, -0.2) is 4.98 Å². The molecule has 1 aromatic heterocycles. The summed E-state index contributed by atoms with van der Waals surface area (Å²) in [5.41, 5.74) is 20.2. The molecule has 21 rings (SSSR count). The van der Waals surface area contributed by atoms with Crippen LogP contribution in [-0.4, -0.2) is 133 Å². The van der Waals surface area contributed by atoms with Crippen LogP contribution in [0.1, 0.15) is 106 Å².